The quantitative estimate of drug-likeness (QED) is 0.665. The van der Waals surface area contributed by atoms with Crippen LogP contribution in [0.3, 0.4) is 0 Å². The molecule has 8 heteroatoms. The van der Waals surface area contributed by atoms with Crippen LogP contribution in [0, 0.1) is 10.1 Å². The van der Waals surface area contributed by atoms with Gasteiger partial charge in [0.05, 0.1) is 23.7 Å². The smallest absolute Gasteiger partial charge is 0.339 e. The first kappa shape index (κ1) is 15.2. The van der Waals surface area contributed by atoms with Crippen molar-refractivity contribution in [1.82, 2.24) is 4.98 Å². The van der Waals surface area contributed by atoms with Crippen LogP contribution >= 0.6 is 0 Å². The van der Waals surface area contributed by atoms with Gasteiger partial charge in [-0.25, -0.2) is 9.78 Å². The van der Waals surface area contributed by atoms with Crippen LogP contribution in [0.4, 0.5) is 11.5 Å². The Morgan fingerprint density at radius 3 is 2.95 bits per heavy atom. The van der Waals surface area contributed by atoms with Gasteiger partial charge in [-0.2, -0.15) is 0 Å². The van der Waals surface area contributed by atoms with Crippen LogP contribution < -0.4 is 4.90 Å². The predicted octanol–water partition coefficient (Wildman–Crippen LogP) is 1.69. The number of hydrogen-bond acceptors (Lipinski definition) is 6. The zero-order chi connectivity index (χ0) is 15.6. The summed E-state index contributed by atoms with van der Waals surface area (Å²) < 4.78 is 5.57. The number of aromatic carboxylic acids is 1. The molecule has 1 aromatic rings. The van der Waals surface area contributed by atoms with Gasteiger partial charge in [-0.1, -0.05) is 6.92 Å². The molecule has 8 nitrogen and oxygen atoms in total. The molecule has 0 amide bonds. The number of pyridine rings is 1. The summed E-state index contributed by atoms with van der Waals surface area (Å²) in [6.45, 7) is 4.85. The van der Waals surface area contributed by atoms with Crippen LogP contribution in [0.15, 0.2) is 12.3 Å². The van der Waals surface area contributed by atoms with Gasteiger partial charge in [0.25, 0.3) is 5.69 Å². The molecule has 21 heavy (non-hydrogen) atoms. The largest absolute Gasteiger partial charge is 0.478 e. The zero-order valence-electron chi connectivity index (χ0n) is 11.9. The lowest BCUT2D eigenvalue weighted by Gasteiger charge is -2.39. The van der Waals surface area contributed by atoms with Crippen LogP contribution in [0.5, 0.6) is 0 Å². The molecule has 2 unspecified atom stereocenters. The third kappa shape index (κ3) is 3.10. The highest BCUT2D eigenvalue weighted by atomic mass is 16.6. The lowest BCUT2D eigenvalue weighted by atomic mass is 10.1. The van der Waals surface area contributed by atoms with Crippen molar-refractivity contribution >= 4 is 17.5 Å². The Balaban J connectivity index is 2.45. The normalized spacial score (nSPS) is 22.1. The van der Waals surface area contributed by atoms with Crippen molar-refractivity contribution in [3.63, 3.8) is 0 Å². The molecule has 1 aromatic heterocycles. The maximum absolute atomic E-state index is 11.4. The number of ether oxygens (including phenoxy) is 1. The maximum Gasteiger partial charge on any atom is 0.339 e. The number of aromatic nitrogens is 1. The standard InChI is InChI=1S/C13H17N3O5/c1-3-9-7-21-8(2)6-15(9)12-11(13(17)18)4-10(5-14-12)16(19)20/h4-5,8-9H,3,6-7H2,1-2H3,(H,17,18). The number of nitro groups is 1. The summed E-state index contributed by atoms with van der Waals surface area (Å²) in [7, 11) is 0. The molecule has 2 atom stereocenters. The van der Waals surface area contributed by atoms with Gasteiger partial charge in [0, 0.05) is 12.6 Å². The number of carboxylic acids is 1. The van der Waals surface area contributed by atoms with Gasteiger partial charge in [-0.15, -0.1) is 0 Å². The van der Waals surface area contributed by atoms with Gasteiger partial charge in [0.15, 0.2) is 0 Å². The number of carboxylic acid groups (broad SMARTS) is 1. The third-order valence-corrected chi connectivity index (χ3v) is 3.50. The Hall–Kier alpha value is -2.22. The minimum atomic E-state index is -1.23. The van der Waals surface area contributed by atoms with Crippen LogP contribution in [0.1, 0.15) is 30.6 Å². The Morgan fingerprint density at radius 2 is 2.38 bits per heavy atom. The van der Waals surface area contributed by atoms with E-state index in [1.807, 2.05) is 18.7 Å². The SMILES string of the molecule is CCC1COC(C)CN1c1ncc([N+](=O)[O-])cc1C(=O)O. The second kappa shape index (κ2) is 6.04. The number of carbonyl (C=O) groups is 1. The van der Waals surface area contributed by atoms with Crippen molar-refractivity contribution in [3.8, 4) is 0 Å². The highest BCUT2D eigenvalue weighted by molar-refractivity contribution is 5.94. The van der Waals surface area contributed by atoms with Gasteiger partial charge in [0.1, 0.15) is 17.6 Å². The number of hydrogen-bond donors (Lipinski definition) is 1. The summed E-state index contributed by atoms with van der Waals surface area (Å²) in [4.78, 5) is 27.4. The molecule has 2 heterocycles. The summed E-state index contributed by atoms with van der Waals surface area (Å²) in [6.07, 6.45) is 1.81. The van der Waals surface area contributed by atoms with E-state index >= 15 is 0 Å². The van der Waals surface area contributed by atoms with E-state index in [9.17, 15) is 20.0 Å². The fourth-order valence-corrected chi connectivity index (χ4v) is 2.37. The van der Waals surface area contributed by atoms with E-state index in [4.69, 9.17) is 4.74 Å². The molecule has 1 N–H and O–H groups in total. The fourth-order valence-electron chi connectivity index (χ4n) is 2.37. The second-order valence-electron chi connectivity index (χ2n) is 4.99. The monoisotopic (exact) mass is 295 g/mol. The van der Waals surface area contributed by atoms with Crippen molar-refractivity contribution in [2.45, 2.75) is 32.4 Å². The first-order valence-corrected chi connectivity index (χ1v) is 6.70. The summed E-state index contributed by atoms with van der Waals surface area (Å²) in [5.74, 6) is -0.967. The Morgan fingerprint density at radius 1 is 1.67 bits per heavy atom. The van der Waals surface area contributed by atoms with Gasteiger partial charge in [-0.3, -0.25) is 10.1 Å². The molecule has 1 fully saturated rings. The topological polar surface area (TPSA) is 106 Å². The van der Waals surface area contributed by atoms with Crippen LogP contribution in [-0.4, -0.2) is 46.3 Å². The average molecular weight is 295 g/mol. The van der Waals surface area contributed by atoms with Crippen molar-refractivity contribution in [1.29, 1.82) is 0 Å². The predicted molar refractivity (Wildman–Crippen MR) is 74.7 cm³/mol. The van der Waals surface area contributed by atoms with Crippen LogP contribution in [-0.2, 0) is 4.74 Å². The third-order valence-electron chi connectivity index (χ3n) is 3.50. The van der Waals surface area contributed by atoms with Crippen LogP contribution in [0.25, 0.3) is 0 Å². The number of rotatable bonds is 4. The van der Waals surface area contributed by atoms with E-state index in [2.05, 4.69) is 4.98 Å². The Kier molecular flexibility index (Phi) is 4.37. The molecule has 1 saturated heterocycles. The molecular weight excluding hydrogens is 278 g/mol. The van der Waals surface area contributed by atoms with E-state index in [0.717, 1.165) is 18.7 Å². The summed E-state index contributed by atoms with van der Waals surface area (Å²) in [5.41, 5.74) is -0.484. The van der Waals surface area contributed by atoms with E-state index < -0.39 is 10.9 Å². The van der Waals surface area contributed by atoms with Crippen molar-refractivity contribution < 1.29 is 19.6 Å². The molecule has 0 spiro atoms. The molecule has 0 radical (unpaired) electrons. The second-order valence-corrected chi connectivity index (χ2v) is 4.99. The average Bonchev–Trinajstić information content (AvgIpc) is 2.46. The van der Waals surface area contributed by atoms with E-state index in [-0.39, 0.29) is 29.2 Å². The van der Waals surface area contributed by atoms with Crippen LogP contribution in [0.2, 0.25) is 0 Å². The number of morpholine rings is 1. The molecular formula is C13H17N3O5. The number of nitrogens with zero attached hydrogens (tertiary/aromatic N) is 3. The zero-order valence-corrected chi connectivity index (χ0v) is 11.9. The first-order valence-electron chi connectivity index (χ1n) is 6.70. The molecule has 1 aliphatic rings. The summed E-state index contributed by atoms with van der Waals surface area (Å²) in [5, 5.41) is 20.1. The molecule has 0 saturated carbocycles. The molecule has 0 bridgehead atoms. The van der Waals surface area contributed by atoms with Gasteiger partial charge in [0.2, 0.25) is 0 Å². The fraction of sp³-hybridized carbons (Fsp3) is 0.538. The van der Waals surface area contributed by atoms with Crippen molar-refractivity contribution in [3.05, 3.63) is 27.9 Å². The summed E-state index contributed by atoms with van der Waals surface area (Å²) >= 11 is 0. The molecule has 1 aliphatic heterocycles. The van der Waals surface area contributed by atoms with Gasteiger partial charge in [-0.05, 0) is 13.3 Å². The molecule has 0 aliphatic carbocycles. The molecule has 2 rings (SSSR count). The first-order chi connectivity index (χ1) is 9.93. The number of anilines is 1. The molecule has 0 aromatic carbocycles. The van der Waals surface area contributed by atoms with Crippen molar-refractivity contribution in [2.75, 3.05) is 18.1 Å². The maximum atomic E-state index is 11.4. The van der Waals surface area contributed by atoms with E-state index in [1.165, 1.54) is 0 Å². The Bertz CT molecular complexity index is 563. The minimum absolute atomic E-state index is 0.00764. The lowest BCUT2D eigenvalue weighted by Crippen LogP contribution is -2.49. The summed E-state index contributed by atoms with van der Waals surface area (Å²) in [6, 6.07) is 1.06. The van der Waals surface area contributed by atoms with Gasteiger partial charge >= 0.3 is 5.97 Å². The lowest BCUT2D eigenvalue weighted by molar-refractivity contribution is -0.385. The van der Waals surface area contributed by atoms with E-state index in [0.29, 0.717) is 13.2 Å². The van der Waals surface area contributed by atoms with Crippen molar-refractivity contribution in [2.24, 2.45) is 0 Å². The highest BCUT2D eigenvalue weighted by Gasteiger charge is 2.30. The van der Waals surface area contributed by atoms with E-state index in [1.54, 1.807) is 0 Å². The molecule has 114 valence electrons. The van der Waals surface area contributed by atoms with Gasteiger partial charge < -0.3 is 14.7 Å². The highest BCUT2D eigenvalue weighted by Crippen LogP contribution is 2.27. The minimum Gasteiger partial charge on any atom is -0.478 e. The Labute approximate surface area is 121 Å².